The van der Waals surface area contributed by atoms with Crippen LogP contribution in [0.25, 0.3) is 5.69 Å². The predicted molar refractivity (Wildman–Crippen MR) is 98.1 cm³/mol. The zero-order valence-electron chi connectivity index (χ0n) is 13.6. The second kappa shape index (κ2) is 10.4. The van der Waals surface area contributed by atoms with E-state index in [1.807, 2.05) is 31.2 Å². The average molecular weight is 419 g/mol. The molecular weight excluding hydrogens is 398 g/mol. The zero-order valence-corrected chi connectivity index (χ0v) is 16.0. The van der Waals surface area contributed by atoms with Crippen molar-refractivity contribution >= 4 is 34.2 Å². The molecule has 0 bridgehead atoms. The summed E-state index contributed by atoms with van der Waals surface area (Å²) in [5, 5.41) is 14.0. The van der Waals surface area contributed by atoms with Crippen molar-refractivity contribution in [3.05, 3.63) is 40.1 Å². The number of hydrogen-bond donors (Lipinski definition) is 2. The number of rotatable bonds is 8. The van der Waals surface area contributed by atoms with E-state index >= 15 is 0 Å². The smallest absolute Gasteiger partial charge is 0.273 e. The molecule has 2 N–H and O–H groups in total. The number of benzene rings is 1. The lowest BCUT2D eigenvalue weighted by Gasteiger charge is -2.06. The average Bonchev–Trinajstić information content (AvgIpc) is 2.92. The molecule has 1 aromatic carbocycles. The van der Waals surface area contributed by atoms with Crippen LogP contribution in [0.3, 0.4) is 0 Å². The van der Waals surface area contributed by atoms with Crippen molar-refractivity contribution in [2.75, 3.05) is 33.4 Å². The fourth-order valence-electron chi connectivity index (χ4n) is 2.04. The van der Waals surface area contributed by atoms with Crippen LogP contribution in [-0.4, -0.2) is 54.3 Å². The van der Waals surface area contributed by atoms with E-state index in [-0.39, 0.29) is 18.3 Å². The van der Waals surface area contributed by atoms with Crippen LogP contribution in [0.4, 0.5) is 0 Å². The highest BCUT2D eigenvalue weighted by Crippen LogP contribution is 2.17. The summed E-state index contributed by atoms with van der Waals surface area (Å²) in [6.45, 7) is 4.42. The van der Waals surface area contributed by atoms with E-state index in [1.165, 1.54) is 0 Å². The number of carbonyl (C=O) groups is 1. The van der Waals surface area contributed by atoms with E-state index in [9.17, 15) is 4.79 Å². The molecule has 7 nitrogen and oxygen atoms in total. The second-order valence-corrected chi connectivity index (χ2v) is 5.83. The number of hydrogen-bond acceptors (Lipinski definition) is 5. The molecule has 0 unspecified atom stereocenters. The number of carbonyl (C=O) groups excluding carboxylic acids is 1. The molecule has 1 amide bonds. The van der Waals surface area contributed by atoms with E-state index in [2.05, 4.69) is 36.9 Å². The number of amides is 1. The molecule has 0 spiro atoms. The minimum absolute atomic E-state index is 0. The van der Waals surface area contributed by atoms with Crippen molar-refractivity contribution < 1.29 is 9.53 Å². The first-order valence-electron chi connectivity index (χ1n) is 7.29. The minimum Gasteiger partial charge on any atom is -0.383 e. The van der Waals surface area contributed by atoms with Gasteiger partial charge >= 0.3 is 0 Å². The Bertz CT molecular complexity index is 665. The summed E-state index contributed by atoms with van der Waals surface area (Å²) in [6, 6.07) is 7.67. The van der Waals surface area contributed by atoms with Crippen LogP contribution >= 0.6 is 28.3 Å². The second-order valence-electron chi connectivity index (χ2n) is 4.91. The molecule has 9 heteroatoms. The molecular formula is C15H21BrClN5O2. The third-order valence-electron chi connectivity index (χ3n) is 3.23. The van der Waals surface area contributed by atoms with Gasteiger partial charge in [-0.1, -0.05) is 27.2 Å². The van der Waals surface area contributed by atoms with Crippen LogP contribution in [0.15, 0.2) is 28.7 Å². The Labute approximate surface area is 155 Å². The molecule has 2 rings (SSSR count). The van der Waals surface area contributed by atoms with E-state index in [1.54, 1.807) is 11.8 Å². The highest BCUT2D eigenvalue weighted by molar-refractivity contribution is 9.10. The Kier molecular flexibility index (Phi) is 8.91. The molecule has 1 aromatic heterocycles. The Morgan fingerprint density at radius 2 is 2.12 bits per heavy atom. The Hall–Kier alpha value is -1.48. The van der Waals surface area contributed by atoms with Gasteiger partial charge in [-0.25, -0.2) is 4.68 Å². The summed E-state index contributed by atoms with van der Waals surface area (Å²) in [5.41, 5.74) is 1.89. The van der Waals surface area contributed by atoms with E-state index < -0.39 is 0 Å². The van der Waals surface area contributed by atoms with Gasteiger partial charge in [-0.05, 0) is 25.1 Å². The molecule has 0 aliphatic carbocycles. The molecule has 24 heavy (non-hydrogen) atoms. The van der Waals surface area contributed by atoms with Crippen LogP contribution in [-0.2, 0) is 4.74 Å². The number of methoxy groups -OCH3 is 1. The third-order valence-corrected chi connectivity index (χ3v) is 3.73. The molecule has 0 aliphatic rings. The normalized spacial score (nSPS) is 10.3. The lowest BCUT2D eigenvalue weighted by atomic mass is 10.3. The summed E-state index contributed by atoms with van der Waals surface area (Å²) < 4.78 is 7.53. The minimum atomic E-state index is -0.225. The van der Waals surface area contributed by atoms with Gasteiger partial charge in [0, 0.05) is 31.2 Å². The zero-order chi connectivity index (χ0) is 16.7. The highest BCUT2D eigenvalue weighted by atomic mass is 79.9. The summed E-state index contributed by atoms with van der Waals surface area (Å²) >= 11 is 3.42. The molecule has 132 valence electrons. The third kappa shape index (κ3) is 5.55. The van der Waals surface area contributed by atoms with E-state index in [0.29, 0.717) is 31.1 Å². The van der Waals surface area contributed by atoms with Crippen LogP contribution in [0.1, 0.15) is 16.2 Å². The summed E-state index contributed by atoms with van der Waals surface area (Å²) in [4.78, 5) is 12.2. The van der Waals surface area contributed by atoms with Crippen molar-refractivity contribution in [3.63, 3.8) is 0 Å². The van der Waals surface area contributed by atoms with Gasteiger partial charge < -0.3 is 15.4 Å². The number of nitrogens with zero attached hydrogens (tertiary/aromatic N) is 3. The maximum absolute atomic E-state index is 12.2. The lowest BCUT2D eigenvalue weighted by molar-refractivity contribution is 0.0948. The number of halogens is 2. The Morgan fingerprint density at radius 3 is 2.83 bits per heavy atom. The number of aromatic nitrogens is 3. The molecule has 0 fully saturated rings. The van der Waals surface area contributed by atoms with Crippen molar-refractivity contribution in [2.45, 2.75) is 6.92 Å². The molecule has 0 atom stereocenters. The standard InChI is InChI=1S/C15H20BrN5O2.ClH/c1-11-14(15(22)18-7-6-17-8-9-23-2)19-20-21(11)13-5-3-4-12(16)10-13;/h3-5,10,17H,6-9H2,1-2H3,(H,18,22);1H. The van der Waals surface area contributed by atoms with Gasteiger partial charge in [-0.3, -0.25) is 4.79 Å². The van der Waals surface area contributed by atoms with Crippen LogP contribution in [0.5, 0.6) is 0 Å². The first-order chi connectivity index (χ1) is 11.1. The maximum Gasteiger partial charge on any atom is 0.273 e. The summed E-state index contributed by atoms with van der Waals surface area (Å²) in [7, 11) is 1.65. The summed E-state index contributed by atoms with van der Waals surface area (Å²) in [5.74, 6) is -0.225. The molecule has 0 saturated heterocycles. The van der Waals surface area contributed by atoms with Gasteiger partial charge in [0.05, 0.1) is 18.0 Å². The van der Waals surface area contributed by atoms with Crippen LogP contribution < -0.4 is 10.6 Å². The van der Waals surface area contributed by atoms with Crippen molar-refractivity contribution in [2.24, 2.45) is 0 Å². The maximum atomic E-state index is 12.2. The monoisotopic (exact) mass is 417 g/mol. The van der Waals surface area contributed by atoms with Crippen molar-refractivity contribution in [1.82, 2.24) is 25.6 Å². The fraction of sp³-hybridized carbons (Fsp3) is 0.400. The van der Waals surface area contributed by atoms with E-state index in [4.69, 9.17) is 4.74 Å². The molecule has 0 radical (unpaired) electrons. The van der Waals surface area contributed by atoms with Crippen LogP contribution in [0, 0.1) is 6.92 Å². The fourth-order valence-corrected chi connectivity index (χ4v) is 2.43. The quantitative estimate of drug-likeness (QED) is 0.638. The molecule has 0 aliphatic heterocycles. The lowest BCUT2D eigenvalue weighted by Crippen LogP contribution is -2.33. The van der Waals surface area contributed by atoms with Gasteiger partial charge in [0.1, 0.15) is 0 Å². The van der Waals surface area contributed by atoms with Crippen molar-refractivity contribution in [1.29, 1.82) is 0 Å². The van der Waals surface area contributed by atoms with Gasteiger partial charge in [0.15, 0.2) is 5.69 Å². The highest BCUT2D eigenvalue weighted by Gasteiger charge is 2.16. The first-order valence-corrected chi connectivity index (χ1v) is 8.09. The first kappa shape index (κ1) is 20.6. The molecule has 0 saturated carbocycles. The Morgan fingerprint density at radius 1 is 1.33 bits per heavy atom. The molecule has 2 aromatic rings. The van der Waals surface area contributed by atoms with E-state index in [0.717, 1.165) is 16.7 Å². The number of nitrogens with one attached hydrogen (secondary N) is 2. The molecule has 1 heterocycles. The summed E-state index contributed by atoms with van der Waals surface area (Å²) in [6.07, 6.45) is 0. The van der Waals surface area contributed by atoms with Crippen molar-refractivity contribution in [3.8, 4) is 5.69 Å². The number of ether oxygens (including phenoxy) is 1. The topological polar surface area (TPSA) is 81.1 Å². The van der Waals surface area contributed by atoms with Gasteiger partial charge in [-0.15, -0.1) is 17.5 Å². The van der Waals surface area contributed by atoms with Gasteiger partial charge in [0.25, 0.3) is 5.91 Å². The van der Waals surface area contributed by atoms with Gasteiger partial charge in [-0.2, -0.15) is 0 Å². The Balaban J connectivity index is 0.00000288. The predicted octanol–water partition coefficient (Wildman–Crippen LogP) is 1.73. The largest absolute Gasteiger partial charge is 0.383 e. The van der Waals surface area contributed by atoms with Gasteiger partial charge in [0.2, 0.25) is 0 Å². The SMILES string of the molecule is COCCNCCNC(=O)c1nnn(-c2cccc(Br)c2)c1C.Cl. The van der Waals surface area contributed by atoms with Crippen LogP contribution in [0.2, 0.25) is 0 Å².